The van der Waals surface area contributed by atoms with E-state index in [9.17, 15) is 4.79 Å². The van der Waals surface area contributed by atoms with E-state index in [4.69, 9.17) is 10.00 Å². The van der Waals surface area contributed by atoms with Gasteiger partial charge in [0.1, 0.15) is 5.75 Å². The second-order valence-corrected chi connectivity index (χ2v) is 3.43. The lowest BCUT2D eigenvalue weighted by Crippen LogP contribution is -2.08. The second-order valence-electron chi connectivity index (χ2n) is 2.82. The largest absolute Gasteiger partial charge is 0.422 e. The molecule has 1 aromatic carbocycles. The third-order valence-electron chi connectivity index (χ3n) is 1.76. The molecule has 0 fully saturated rings. The van der Waals surface area contributed by atoms with Crippen LogP contribution in [0.5, 0.6) is 5.75 Å². The Hall–Kier alpha value is -2.26. The topological polar surface area (TPSA) is 75.9 Å². The first-order valence-electron chi connectivity index (χ1n) is 4.29. The van der Waals surface area contributed by atoms with Gasteiger partial charge in [0.25, 0.3) is 0 Å². The molecule has 16 heavy (non-hydrogen) atoms. The van der Waals surface area contributed by atoms with E-state index in [0.717, 1.165) is 11.5 Å². The maximum absolute atomic E-state index is 11.4. The van der Waals surface area contributed by atoms with Gasteiger partial charge in [-0.05, 0) is 35.8 Å². The van der Waals surface area contributed by atoms with Crippen LogP contribution in [0.4, 0.5) is 0 Å². The van der Waals surface area contributed by atoms with Gasteiger partial charge in [-0.15, -0.1) is 5.10 Å². The summed E-state index contributed by atoms with van der Waals surface area (Å²) in [6.45, 7) is 0. The van der Waals surface area contributed by atoms with Crippen LogP contribution >= 0.6 is 11.5 Å². The standard InChI is InChI=1S/C10H5N3O2S/c11-5-7-1-3-8(4-2-7)15-10(14)9-6-16-13-12-9/h1-4,6H. The summed E-state index contributed by atoms with van der Waals surface area (Å²) in [5.41, 5.74) is 0.685. The molecule has 0 N–H and O–H groups in total. The number of rotatable bonds is 2. The lowest BCUT2D eigenvalue weighted by atomic mass is 10.2. The van der Waals surface area contributed by atoms with E-state index in [1.807, 2.05) is 6.07 Å². The smallest absolute Gasteiger partial charge is 0.365 e. The molecule has 1 heterocycles. The first-order chi connectivity index (χ1) is 7.79. The number of carbonyl (C=O) groups excluding carboxylic acids is 1. The van der Waals surface area contributed by atoms with Gasteiger partial charge >= 0.3 is 5.97 Å². The molecule has 0 atom stereocenters. The molecule has 0 amide bonds. The Morgan fingerprint density at radius 2 is 2.12 bits per heavy atom. The zero-order valence-corrected chi connectivity index (χ0v) is 8.77. The van der Waals surface area contributed by atoms with E-state index in [1.165, 1.54) is 5.38 Å². The average molecular weight is 231 g/mol. The molecular formula is C10H5N3O2S. The Labute approximate surface area is 95.1 Å². The predicted octanol–water partition coefficient (Wildman–Crippen LogP) is 1.63. The van der Waals surface area contributed by atoms with Crippen molar-refractivity contribution in [1.82, 2.24) is 9.59 Å². The Kier molecular flexibility index (Phi) is 2.89. The van der Waals surface area contributed by atoms with Gasteiger partial charge in [-0.25, -0.2) is 4.79 Å². The molecule has 2 rings (SSSR count). The Bertz CT molecular complexity index is 528. The van der Waals surface area contributed by atoms with Crippen LogP contribution in [0.2, 0.25) is 0 Å². The minimum atomic E-state index is -0.557. The van der Waals surface area contributed by atoms with Crippen LogP contribution in [0.15, 0.2) is 29.6 Å². The average Bonchev–Trinajstić information content (AvgIpc) is 2.83. The van der Waals surface area contributed by atoms with E-state index in [1.54, 1.807) is 24.3 Å². The highest BCUT2D eigenvalue weighted by Crippen LogP contribution is 2.13. The van der Waals surface area contributed by atoms with Gasteiger partial charge in [-0.1, -0.05) is 4.49 Å². The highest BCUT2D eigenvalue weighted by atomic mass is 32.1. The summed E-state index contributed by atoms with van der Waals surface area (Å²) in [6.07, 6.45) is 0. The van der Waals surface area contributed by atoms with Crippen molar-refractivity contribution in [3.05, 3.63) is 40.9 Å². The highest BCUT2D eigenvalue weighted by molar-refractivity contribution is 7.03. The molecule has 1 aromatic heterocycles. The minimum absolute atomic E-state index is 0.175. The van der Waals surface area contributed by atoms with E-state index in [2.05, 4.69) is 9.59 Å². The predicted molar refractivity (Wildman–Crippen MR) is 56.0 cm³/mol. The number of aromatic nitrogens is 2. The summed E-state index contributed by atoms with van der Waals surface area (Å²) in [4.78, 5) is 11.4. The Morgan fingerprint density at radius 1 is 1.38 bits per heavy atom. The van der Waals surface area contributed by atoms with Gasteiger partial charge in [-0.2, -0.15) is 5.26 Å². The van der Waals surface area contributed by atoms with Crippen LogP contribution < -0.4 is 4.74 Å². The molecule has 0 aliphatic carbocycles. The fraction of sp³-hybridized carbons (Fsp3) is 0. The summed E-state index contributed by atoms with van der Waals surface area (Å²) in [6, 6.07) is 8.22. The van der Waals surface area contributed by atoms with Gasteiger partial charge in [0.2, 0.25) is 0 Å². The third kappa shape index (κ3) is 2.21. The number of nitriles is 1. The van der Waals surface area contributed by atoms with Crippen LogP contribution in [0.25, 0.3) is 0 Å². The molecule has 0 saturated heterocycles. The van der Waals surface area contributed by atoms with Crippen molar-refractivity contribution in [2.75, 3.05) is 0 Å². The first-order valence-corrected chi connectivity index (χ1v) is 5.12. The number of benzene rings is 1. The zero-order chi connectivity index (χ0) is 11.4. The molecule has 6 heteroatoms. The summed E-state index contributed by atoms with van der Waals surface area (Å²) in [5, 5.41) is 13.7. The SMILES string of the molecule is N#Cc1ccc(OC(=O)c2csnn2)cc1. The van der Waals surface area contributed by atoms with Crippen molar-refractivity contribution in [2.45, 2.75) is 0 Å². The normalized spacial score (nSPS) is 9.44. The van der Waals surface area contributed by atoms with Gasteiger partial charge in [0.05, 0.1) is 11.6 Å². The Morgan fingerprint density at radius 3 is 2.69 bits per heavy atom. The van der Waals surface area contributed by atoms with Crippen LogP contribution in [-0.4, -0.2) is 15.6 Å². The van der Waals surface area contributed by atoms with Gasteiger partial charge < -0.3 is 4.74 Å². The van der Waals surface area contributed by atoms with E-state index in [0.29, 0.717) is 11.3 Å². The van der Waals surface area contributed by atoms with Crippen molar-refractivity contribution in [3.8, 4) is 11.8 Å². The van der Waals surface area contributed by atoms with Crippen molar-refractivity contribution in [3.63, 3.8) is 0 Å². The number of hydrogen-bond donors (Lipinski definition) is 0. The van der Waals surface area contributed by atoms with Gasteiger partial charge in [0, 0.05) is 5.38 Å². The molecule has 0 unspecified atom stereocenters. The number of ether oxygens (including phenoxy) is 1. The van der Waals surface area contributed by atoms with Crippen molar-refractivity contribution in [1.29, 1.82) is 5.26 Å². The van der Waals surface area contributed by atoms with Crippen molar-refractivity contribution < 1.29 is 9.53 Å². The van der Waals surface area contributed by atoms with E-state index < -0.39 is 5.97 Å². The molecule has 0 bridgehead atoms. The molecule has 0 radical (unpaired) electrons. The molecule has 0 aliphatic heterocycles. The summed E-state index contributed by atoms with van der Waals surface area (Å²) in [7, 11) is 0. The summed E-state index contributed by atoms with van der Waals surface area (Å²) in [5.74, 6) is -0.185. The lowest BCUT2D eigenvalue weighted by molar-refractivity contribution is 0.0728. The molecule has 0 aliphatic rings. The van der Waals surface area contributed by atoms with Crippen LogP contribution in [0.3, 0.4) is 0 Å². The maximum Gasteiger partial charge on any atom is 0.365 e. The quantitative estimate of drug-likeness (QED) is 0.580. The molecular weight excluding hydrogens is 226 g/mol. The first kappa shape index (κ1) is 10.3. The third-order valence-corrected chi connectivity index (χ3v) is 2.27. The molecule has 2 aromatic rings. The fourth-order valence-electron chi connectivity index (χ4n) is 1.01. The number of hydrogen-bond acceptors (Lipinski definition) is 6. The molecule has 5 nitrogen and oxygen atoms in total. The highest BCUT2D eigenvalue weighted by Gasteiger charge is 2.11. The zero-order valence-electron chi connectivity index (χ0n) is 7.95. The maximum atomic E-state index is 11.4. The van der Waals surface area contributed by atoms with E-state index in [-0.39, 0.29) is 5.69 Å². The van der Waals surface area contributed by atoms with Gasteiger partial charge in [-0.3, -0.25) is 0 Å². The number of esters is 1. The molecule has 0 saturated carbocycles. The fourth-order valence-corrected chi connectivity index (χ4v) is 1.44. The van der Waals surface area contributed by atoms with Crippen LogP contribution in [-0.2, 0) is 0 Å². The monoisotopic (exact) mass is 231 g/mol. The lowest BCUT2D eigenvalue weighted by Gasteiger charge is -2.00. The van der Waals surface area contributed by atoms with Crippen LogP contribution in [0, 0.1) is 11.3 Å². The number of carbonyl (C=O) groups is 1. The van der Waals surface area contributed by atoms with Crippen molar-refractivity contribution in [2.24, 2.45) is 0 Å². The minimum Gasteiger partial charge on any atom is -0.422 e. The molecule has 0 spiro atoms. The molecule has 78 valence electrons. The Balaban J connectivity index is 2.10. The summed E-state index contributed by atoms with van der Waals surface area (Å²) >= 11 is 1.08. The summed E-state index contributed by atoms with van der Waals surface area (Å²) < 4.78 is 8.57. The van der Waals surface area contributed by atoms with Gasteiger partial charge in [0.15, 0.2) is 5.69 Å². The van der Waals surface area contributed by atoms with Crippen LogP contribution in [0.1, 0.15) is 16.1 Å². The number of nitrogens with zero attached hydrogens (tertiary/aromatic N) is 3. The van der Waals surface area contributed by atoms with E-state index >= 15 is 0 Å². The van der Waals surface area contributed by atoms with Crippen molar-refractivity contribution >= 4 is 17.5 Å². The second kappa shape index (κ2) is 4.51.